The molecule has 2 heterocycles. The molecule has 0 aliphatic carbocycles. The van der Waals surface area contributed by atoms with E-state index in [9.17, 15) is 5.11 Å². The first-order valence-electron chi connectivity index (χ1n) is 8.26. The fourth-order valence-corrected chi connectivity index (χ4v) is 2.99. The van der Waals surface area contributed by atoms with E-state index in [0.717, 1.165) is 56.3 Å². The highest BCUT2D eigenvalue weighted by Crippen LogP contribution is 2.22. The molecular weight excluding hydrogens is 290 g/mol. The van der Waals surface area contributed by atoms with Crippen molar-refractivity contribution in [1.82, 2.24) is 14.8 Å². The Hall–Kier alpha value is -1.69. The molecule has 1 aliphatic rings. The second-order valence-electron chi connectivity index (χ2n) is 6.31. The van der Waals surface area contributed by atoms with Gasteiger partial charge in [-0.2, -0.15) is 0 Å². The Morgan fingerprint density at radius 2 is 1.78 bits per heavy atom. The minimum Gasteiger partial charge on any atom is -0.441 e. The SMILES string of the molecule is Cc1oc(-c2ccccc2)nc1CN1CCN(CC(C)O)CC1. The van der Waals surface area contributed by atoms with Gasteiger partial charge in [0.25, 0.3) is 0 Å². The summed E-state index contributed by atoms with van der Waals surface area (Å²) in [5, 5.41) is 9.48. The van der Waals surface area contributed by atoms with E-state index in [1.54, 1.807) is 0 Å². The molecule has 1 unspecified atom stereocenters. The van der Waals surface area contributed by atoms with Crippen molar-refractivity contribution in [3.05, 3.63) is 41.8 Å². The van der Waals surface area contributed by atoms with Crippen LogP contribution in [0.2, 0.25) is 0 Å². The number of piperazine rings is 1. The lowest BCUT2D eigenvalue weighted by molar-refractivity contribution is 0.0775. The van der Waals surface area contributed by atoms with Crippen LogP contribution in [0.4, 0.5) is 0 Å². The zero-order chi connectivity index (χ0) is 16.2. The van der Waals surface area contributed by atoms with Gasteiger partial charge in [-0.25, -0.2) is 4.98 Å². The summed E-state index contributed by atoms with van der Waals surface area (Å²) >= 11 is 0. The molecule has 5 nitrogen and oxygen atoms in total. The molecule has 2 aromatic rings. The van der Waals surface area contributed by atoms with Crippen LogP contribution in [0, 0.1) is 6.92 Å². The summed E-state index contributed by atoms with van der Waals surface area (Å²) in [6.45, 7) is 9.40. The Bertz CT molecular complexity index is 616. The Balaban J connectivity index is 1.60. The summed E-state index contributed by atoms with van der Waals surface area (Å²) in [4.78, 5) is 9.39. The van der Waals surface area contributed by atoms with Crippen LogP contribution in [-0.4, -0.2) is 58.7 Å². The molecule has 0 amide bonds. The quantitative estimate of drug-likeness (QED) is 0.916. The molecule has 1 aromatic heterocycles. The number of hydrogen-bond donors (Lipinski definition) is 1. The fourth-order valence-electron chi connectivity index (χ4n) is 2.99. The first-order chi connectivity index (χ1) is 11.1. The van der Waals surface area contributed by atoms with Crippen LogP contribution in [0.1, 0.15) is 18.4 Å². The lowest BCUT2D eigenvalue weighted by Gasteiger charge is -2.34. The molecule has 1 fully saturated rings. The first-order valence-corrected chi connectivity index (χ1v) is 8.26. The predicted octanol–water partition coefficient (Wildman–Crippen LogP) is 2.15. The molecule has 1 saturated heterocycles. The van der Waals surface area contributed by atoms with Crippen LogP contribution in [0.25, 0.3) is 11.5 Å². The van der Waals surface area contributed by atoms with Crippen molar-refractivity contribution in [2.24, 2.45) is 0 Å². The number of rotatable bonds is 5. The Labute approximate surface area is 137 Å². The van der Waals surface area contributed by atoms with Crippen LogP contribution in [0.3, 0.4) is 0 Å². The molecular formula is C18H25N3O2. The maximum Gasteiger partial charge on any atom is 0.226 e. The number of hydrogen-bond acceptors (Lipinski definition) is 5. The van der Waals surface area contributed by atoms with Gasteiger partial charge in [-0.1, -0.05) is 18.2 Å². The molecule has 3 rings (SSSR count). The number of benzene rings is 1. The molecule has 1 aromatic carbocycles. The number of β-amino-alcohol motifs (C(OH)–C–C–N with tert-alkyl or cyclic N) is 1. The second kappa shape index (κ2) is 7.25. The van der Waals surface area contributed by atoms with Crippen LogP contribution < -0.4 is 0 Å². The van der Waals surface area contributed by atoms with Crippen molar-refractivity contribution in [3.63, 3.8) is 0 Å². The van der Waals surface area contributed by atoms with Crippen molar-refractivity contribution < 1.29 is 9.52 Å². The van der Waals surface area contributed by atoms with Crippen molar-refractivity contribution in [1.29, 1.82) is 0 Å². The summed E-state index contributed by atoms with van der Waals surface area (Å²) in [5.41, 5.74) is 2.04. The number of aliphatic hydroxyl groups is 1. The van der Waals surface area contributed by atoms with Crippen LogP contribution in [-0.2, 0) is 6.54 Å². The fraction of sp³-hybridized carbons (Fsp3) is 0.500. The number of aliphatic hydroxyl groups excluding tert-OH is 1. The van der Waals surface area contributed by atoms with Gasteiger partial charge in [0, 0.05) is 44.8 Å². The molecule has 1 atom stereocenters. The van der Waals surface area contributed by atoms with E-state index in [0.29, 0.717) is 5.89 Å². The minimum atomic E-state index is -0.257. The largest absolute Gasteiger partial charge is 0.441 e. The zero-order valence-corrected chi connectivity index (χ0v) is 13.9. The Morgan fingerprint density at radius 1 is 1.13 bits per heavy atom. The first kappa shape index (κ1) is 16.2. The molecule has 1 aliphatic heterocycles. The maximum atomic E-state index is 9.48. The van der Waals surface area contributed by atoms with Gasteiger partial charge in [-0.3, -0.25) is 9.80 Å². The van der Waals surface area contributed by atoms with Crippen molar-refractivity contribution in [2.45, 2.75) is 26.5 Å². The van der Waals surface area contributed by atoms with Crippen molar-refractivity contribution in [2.75, 3.05) is 32.7 Å². The highest BCUT2D eigenvalue weighted by atomic mass is 16.4. The van der Waals surface area contributed by atoms with Gasteiger partial charge in [0.1, 0.15) is 5.76 Å². The molecule has 5 heteroatoms. The highest BCUT2D eigenvalue weighted by molar-refractivity contribution is 5.53. The van der Waals surface area contributed by atoms with E-state index in [4.69, 9.17) is 4.42 Å². The van der Waals surface area contributed by atoms with Gasteiger partial charge < -0.3 is 9.52 Å². The normalized spacial score (nSPS) is 18.2. The third-order valence-corrected chi connectivity index (χ3v) is 4.27. The van der Waals surface area contributed by atoms with Gasteiger partial charge in [-0.05, 0) is 26.0 Å². The third-order valence-electron chi connectivity index (χ3n) is 4.27. The smallest absolute Gasteiger partial charge is 0.226 e. The summed E-state index contributed by atoms with van der Waals surface area (Å²) in [7, 11) is 0. The zero-order valence-electron chi connectivity index (χ0n) is 13.9. The number of nitrogens with zero attached hydrogens (tertiary/aromatic N) is 3. The average Bonchev–Trinajstić information content (AvgIpc) is 2.91. The van der Waals surface area contributed by atoms with E-state index in [1.165, 1.54) is 0 Å². The van der Waals surface area contributed by atoms with E-state index < -0.39 is 0 Å². The lowest BCUT2D eigenvalue weighted by atomic mass is 10.2. The van der Waals surface area contributed by atoms with Gasteiger partial charge in [0.05, 0.1) is 11.8 Å². The molecule has 23 heavy (non-hydrogen) atoms. The lowest BCUT2D eigenvalue weighted by Crippen LogP contribution is -2.47. The van der Waals surface area contributed by atoms with Gasteiger partial charge in [0.2, 0.25) is 5.89 Å². The monoisotopic (exact) mass is 315 g/mol. The standard InChI is InChI=1S/C18H25N3O2/c1-14(22)12-20-8-10-21(11-9-20)13-17-15(2)23-18(19-17)16-6-4-3-5-7-16/h3-7,14,22H,8-13H2,1-2H3. The van der Waals surface area contributed by atoms with Crippen LogP contribution >= 0.6 is 0 Å². The van der Waals surface area contributed by atoms with Crippen LogP contribution in [0.5, 0.6) is 0 Å². The second-order valence-corrected chi connectivity index (χ2v) is 6.31. The van der Waals surface area contributed by atoms with E-state index >= 15 is 0 Å². The number of aromatic nitrogens is 1. The van der Waals surface area contributed by atoms with Crippen molar-refractivity contribution >= 4 is 0 Å². The molecule has 124 valence electrons. The molecule has 0 radical (unpaired) electrons. The van der Waals surface area contributed by atoms with Crippen molar-refractivity contribution in [3.8, 4) is 11.5 Å². The Morgan fingerprint density at radius 3 is 2.43 bits per heavy atom. The van der Waals surface area contributed by atoms with E-state index in [1.807, 2.05) is 44.2 Å². The number of aryl methyl sites for hydroxylation is 1. The summed E-state index contributed by atoms with van der Waals surface area (Å²) in [6, 6.07) is 10.0. The van der Waals surface area contributed by atoms with Crippen LogP contribution in [0.15, 0.2) is 34.7 Å². The Kier molecular flexibility index (Phi) is 5.10. The molecule has 1 N–H and O–H groups in total. The third kappa shape index (κ3) is 4.19. The molecule has 0 spiro atoms. The summed E-state index contributed by atoms with van der Waals surface area (Å²) in [6.07, 6.45) is -0.257. The predicted molar refractivity (Wildman–Crippen MR) is 90.1 cm³/mol. The topological polar surface area (TPSA) is 52.7 Å². The number of oxazole rings is 1. The summed E-state index contributed by atoms with van der Waals surface area (Å²) < 4.78 is 5.83. The van der Waals surface area contributed by atoms with Gasteiger partial charge >= 0.3 is 0 Å². The van der Waals surface area contributed by atoms with E-state index in [2.05, 4.69) is 14.8 Å². The van der Waals surface area contributed by atoms with Gasteiger partial charge in [-0.15, -0.1) is 0 Å². The maximum absolute atomic E-state index is 9.48. The molecule has 0 bridgehead atoms. The highest BCUT2D eigenvalue weighted by Gasteiger charge is 2.20. The minimum absolute atomic E-state index is 0.257. The van der Waals surface area contributed by atoms with E-state index in [-0.39, 0.29) is 6.10 Å². The average molecular weight is 315 g/mol. The molecule has 0 saturated carbocycles. The summed E-state index contributed by atoms with van der Waals surface area (Å²) in [5.74, 6) is 1.60. The van der Waals surface area contributed by atoms with Gasteiger partial charge in [0.15, 0.2) is 0 Å².